The fourth-order valence-electron chi connectivity index (χ4n) is 4.33. The normalized spacial score (nSPS) is 14.2. The molecule has 2 heterocycles. The number of halogens is 1. The van der Waals surface area contributed by atoms with E-state index >= 15 is 0 Å². The SMILES string of the molecule is CCn1c(SCC(=O)Nc2cccc(C(=O)N3CCOCC3)c2)nnc1[C@@H](NC(=O)c1ccccc1Cl)C(C)C. The number of rotatable bonds is 10. The summed E-state index contributed by atoms with van der Waals surface area (Å²) in [6.45, 7) is 8.64. The highest BCUT2D eigenvalue weighted by molar-refractivity contribution is 7.99. The molecule has 1 aliphatic rings. The molecule has 2 aromatic carbocycles. The summed E-state index contributed by atoms with van der Waals surface area (Å²) in [5.41, 5.74) is 1.45. The van der Waals surface area contributed by atoms with Crippen LogP contribution in [0.5, 0.6) is 0 Å². The molecule has 3 aromatic rings. The molecular formula is C28H33ClN6O4S. The Labute approximate surface area is 242 Å². The van der Waals surface area contributed by atoms with Crippen molar-refractivity contribution in [2.75, 3.05) is 37.4 Å². The highest BCUT2D eigenvalue weighted by atomic mass is 35.5. The second-order valence-corrected chi connectivity index (χ2v) is 10.9. The predicted molar refractivity (Wildman–Crippen MR) is 155 cm³/mol. The van der Waals surface area contributed by atoms with E-state index in [1.165, 1.54) is 11.8 Å². The van der Waals surface area contributed by atoms with Gasteiger partial charge in [0.1, 0.15) is 0 Å². The van der Waals surface area contributed by atoms with Crippen LogP contribution in [-0.2, 0) is 16.1 Å². The van der Waals surface area contributed by atoms with Gasteiger partial charge in [-0.1, -0.05) is 55.4 Å². The molecule has 1 atom stereocenters. The fraction of sp³-hybridized carbons (Fsp3) is 0.393. The number of anilines is 1. The lowest BCUT2D eigenvalue weighted by atomic mass is 10.0. The minimum atomic E-state index is -0.411. The van der Waals surface area contributed by atoms with Crippen LogP contribution in [0.1, 0.15) is 53.4 Å². The van der Waals surface area contributed by atoms with Crippen LogP contribution >= 0.6 is 23.4 Å². The van der Waals surface area contributed by atoms with E-state index in [0.717, 1.165) is 0 Å². The van der Waals surface area contributed by atoms with Crippen molar-refractivity contribution in [3.63, 3.8) is 0 Å². The van der Waals surface area contributed by atoms with Gasteiger partial charge in [0, 0.05) is 30.9 Å². The summed E-state index contributed by atoms with van der Waals surface area (Å²) in [5.74, 6) is 0.111. The third-order valence-corrected chi connectivity index (χ3v) is 7.73. The Morgan fingerprint density at radius 1 is 1.07 bits per heavy atom. The van der Waals surface area contributed by atoms with Gasteiger partial charge in [-0.3, -0.25) is 14.4 Å². The number of carbonyl (C=O) groups excluding carboxylic acids is 3. The standard InChI is InChI=1S/C28H33ClN6O4S/c1-4-35-25(24(18(2)3)31-26(37)21-10-5-6-11-22(21)29)32-33-28(35)40-17-23(36)30-20-9-7-8-19(16-20)27(38)34-12-14-39-15-13-34/h5-11,16,18,24H,4,12-15,17H2,1-3H3,(H,30,36)(H,31,37)/t24-/m0/s1. The monoisotopic (exact) mass is 584 g/mol. The van der Waals surface area contributed by atoms with Gasteiger partial charge in [0.25, 0.3) is 11.8 Å². The number of hydrogen-bond donors (Lipinski definition) is 2. The van der Waals surface area contributed by atoms with Crippen LogP contribution < -0.4 is 10.6 Å². The first kappa shape index (κ1) is 29.6. The molecule has 0 spiro atoms. The van der Waals surface area contributed by atoms with E-state index in [0.29, 0.717) is 65.7 Å². The van der Waals surface area contributed by atoms with Gasteiger partial charge < -0.3 is 24.8 Å². The Kier molecular flexibility index (Phi) is 10.2. The Morgan fingerprint density at radius 3 is 2.52 bits per heavy atom. The maximum absolute atomic E-state index is 13.0. The van der Waals surface area contributed by atoms with Crippen LogP contribution in [0.25, 0.3) is 0 Å². The molecule has 0 unspecified atom stereocenters. The molecule has 2 N–H and O–H groups in total. The third-order valence-electron chi connectivity index (χ3n) is 6.44. The lowest BCUT2D eigenvalue weighted by Crippen LogP contribution is -2.40. The number of thioether (sulfide) groups is 1. The predicted octanol–water partition coefficient (Wildman–Crippen LogP) is 4.28. The van der Waals surface area contributed by atoms with E-state index < -0.39 is 6.04 Å². The number of carbonyl (C=O) groups is 3. The molecule has 1 aliphatic heterocycles. The van der Waals surface area contributed by atoms with E-state index in [-0.39, 0.29) is 29.4 Å². The van der Waals surface area contributed by atoms with Crippen LogP contribution in [0.15, 0.2) is 53.7 Å². The Hall–Kier alpha value is -3.41. The summed E-state index contributed by atoms with van der Waals surface area (Å²) in [4.78, 5) is 40.3. The topological polar surface area (TPSA) is 118 Å². The van der Waals surface area contributed by atoms with Crippen molar-refractivity contribution in [3.8, 4) is 0 Å². The summed E-state index contributed by atoms with van der Waals surface area (Å²) in [6.07, 6.45) is 0. The maximum atomic E-state index is 13.0. The van der Waals surface area contributed by atoms with Crippen LogP contribution in [0.4, 0.5) is 5.69 Å². The van der Waals surface area contributed by atoms with Crippen molar-refractivity contribution in [1.82, 2.24) is 25.0 Å². The van der Waals surface area contributed by atoms with Crippen molar-refractivity contribution < 1.29 is 19.1 Å². The maximum Gasteiger partial charge on any atom is 0.254 e. The van der Waals surface area contributed by atoms with Crippen molar-refractivity contribution in [1.29, 1.82) is 0 Å². The first-order valence-electron chi connectivity index (χ1n) is 13.2. The smallest absolute Gasteiger partial charge is 0.254 e. The molecule has 0 saturated carbocycles. The van der Waals surface area contributed by atoms with Crippen molar-refractivity contribution in [3.05, 3.63) is 70.5 Å². The Bertz CT molecular complexity index is 1360. The molecule has 0 aliphatic carbocycles. The lowest BCUT2D eigenvalue weighted by molar-refractivity contribution is -0.113. The molecule has 3 amide bonds. The second-order valence-electron chi connectivity index (χ2n) is 9.58. The van der Waals surface area contributed by atoms with Gasteiger partial charge in [0.15, 0.2) is 11.0 Å². The molecule has 40 heavy (non-hydrogen) atoms. The summed E-state index contributed by atoms with van der Waals surface area (Å²) >= 11 is 7.48. The first-order valence-corrected chi connectivity index (χ1v) is 14.5. The number of nitrogens with zero attached hydrogens (tertiary/aromatic N) is 4. The average molecular weight is 585 g/mol. The molecule has 1 saturated heterocycles. The van der Waals surface area contributed by atoms with Gasteiger partial charge in [0.2, 0.25) is 5.91 Å². The summed E-state index contributed by atoms with van der Waals surface area (Å²) < 4.78 is 7.22. The van der Waals surface area contributed by atoms with Crippen LogP contribution in [0.3, 0.4) is 0 Å². The average Bonchev–Trinajstić information content (AvgIpc) is 3.37. The zero-order valence-corrected chi connectivity index (χ0v) is 24.3. The molecule has 1 aromatic heterocycles. The minimum Gasteiger partial charge on any atom is -0.378 e. The van der Waals surface area contributed by atoms with Crippen LogP contribution in [-0.4, -0.2) is 69.4 Å². The Balaban J connectivity index is 1.40. The largest absolute Gasteiger partial charge is 0.378 e. The Morgan fingerprint density at radius 2 is 1.82 bits per heavy atom. The molecule has 4 rings (SSSR count). The van der Waals surface area contributed by atoms with Crippen molar-refractivity contribution in [2.45, 2.75) is 38.5 Å². The van der Waals surface area contributed by atoms with Gasteiger partial charge in [-0.15, -0.1) is 10.2 Å². The number of hydrogen-bond acceptors (Lipinski definition) is 7. The molecule has 1 fully saturated rings. The third kappa shape index (κ3) is 7.21. The van der Waals surface area contributed by atoms with Gasteiger partial charge in [-0.2, -0.15) is 0 Å². The minimum absolute atomic E-state index is 0.0227. The summed E-state index contributed by atoms with van der Waals surface area (Å²) in [7, 11) is 0. The van der Waals surface area contributed by atoms with Crippen LogP contribution in [0.2, 0.25) is 5.02 Å². The number of aromatic nitrogens is 3. The highest BCUT2D eigenvalue weighted by Gasteiger charge is 2.27. The number of benzene rings is 2. The number of ether oxygens (including phenoxy) is 1. The quantitative estimate of drug-likeness (QED) is 0.341. The zero-order chi connectivity index (χ0) is 28.6. The van der Waals surface area contributed by atoms with Crippen LogP contribution in [0, 0.1) is 5.92 Å². The van der Waals surface area contributed by atoms with Gasteiger partial charge in [-0.05, 0) is 43.2 Å². The molecular weight excluding hydrogens is 552 g/mol. The molecule has 12 heteroatoms. The lowest BCUT2D eigenvalue weighted by Gasteiger charge is -2.27. The van der Waals surface area contributed by atoms with Gasteiger partial charge in [0.05, 0.1) is 35.6 Å². The van der Waals surface area contributed by atoms with Crippen molar-refractivity contribution >= 4 is 46.8 Å². The fourth-order valence-corrected chi connectivity index (χ4v) is 5.36. The first-order chi connectivity index (χ1) is 19.3. The molecule has 10 nitrogen and oxygen atoms in total. The number of morpholine rings is 1. The summed E-state index contributed by atoms with van der Waals surface area (Å²) in [5, 5.41) is 15.5. The molecule has 0 radical (unpaired) electrons. The number of amides is 3. The van der Waals surface area contributed by atoms with E-state index in [1.54, 1.807) is 53.4 Å². The highest BCUT2D eigenvalue weighted by Crippen LogP contribution is 2.26. The van der Waals surface area contributed by atoms with Crippen molar-refractivity contribution in [2.24, 2.45) is 5.92 Å². The second kappa shape index (κ2) is 13.8. The van der Waals surface area contributed by atoms with E-state index in [1.807, 2.05) is 25.3 Å². The van der Waals surface area contributed by atoms with Gasteiger partial charge in [-0.25, -0.2) is 0 Å². The molecule has 212 valence electrons. The zero-order valence-electron chi connectivity index (χ0n) is 22.7. The molecule has 0 bridgehead atoms. The number of nitrogens with one attached hydrogen (secondary N) is 2. The summed E-state index contributed by atoms with van der Waals surface area (Å²) in [6, 6.07) is 13.4. The van der Waals surface area contributed by atoms with E-state index in [9.17, 15) is 14.4 Å². The van der Waals surface area contributed by atoms with E-state index in [2.05, 4.69) is 20.8 Å². The van der Waals surface area contributed by atoms with Gasteiger partial charge >= 0.3 is 0 Å². The van der Waals surface area contributed by atoms with E-state index in [4.69, 9.17) is 16.3 Å².